The lowest BCUT2D eigenvalue weighted by Crippen LogP contribution is -2.37. The van der Waals surface area contributed by atoms with Gasteiger partial charge in [-0.1, -0.05) is 24.9 Å². The third kappa shape index (κ3) is 3.66. The zero-order valence-corrected chi connectivity index (χ0v) is 11.7. The average Bonchev–Trinajstić information content (AvgIpc) is 2.42. The number of carbonyl (C=O) groups excluding carboxylic acids is 1. The van der Waals surface area contributed by atoms with Gasteiger partial charge >= 0.3 is 0 Å². The third-order valence-corrected chi connectivity index (χ3v) is 4.11. The van der Waals surface area contributed by atoms with E-state index in [9.17, 15) is 9.18 Å². The largest absolute Gasteiger partial charge is 0.349 e. The maximum atomic E-state index is 13.1. The van der Waals surface area contributed by atoms with Gasteiger partial charge in [-0.3, -0.25) is 4.79 Å². The van der Waals surface area contributed by atoms with Crippen molar-refractivity contribution in [3.63, 3.8) is 0 Å². The van der Waals surface area contributed by atoms with Crippen LogP contribution in [-0.2, 0) is 0 Å². The van der Waals surface area contributed by atoms with Crippen molar-refractivity contribution < 1.29 is 9.18 Å². The van der Waals surface area contributed by atoms with Gasteiger partial charge in [-0.15, -0.1) is 0 Å². The standard InChI is InChI=1S/C14H18ClFN2O/c1-2-9-3-5-11(6-4-9)18-14(19)12-7-10(16)8-17-13(12)15/h7-9,11H,2-6H2,1H3,(H,18,19). The number of hydrogen-bond donors (Lipinski definition) is 1. The zero-order chi connectivity index (χ0) is 13.8. The van der Waals surface area contributed by atoms with E-state index in [-0.39, 0.29) is 22.7 Å². The SMILES string of the molecule is CCC1CCC(NC(=O)c2cc(F)cnc2Cl)CC1. The lowest BCUT2D eigenvalue weighted by Gasteiger charge is -2.28. The van der Waals surface area contributed by atoms with E-state index in [1.54, 1.807) is 0 Å². The van der Waals surface area contributed by atoms with Gasteiger partial charge in [-0.05, 0) is 37.7 Å². The Morgan fingerprint density at radius 2 is 2.16 bits per heavy atom. The van der Waals surface area contributed by atoms with Crippen LogP contribution in [0.25, 0.3) is 0 Å². The quantitative estimate of drug-likeness (QED) is 0.862. The minimum atomic E-state index is -0.552. The Kier molecular flexibility index (Phi) is 4.75. The molecule has 1 aliphatic carbocycles. The topological polar surface area (TPSA) is 42.0 Å². The Morgan fingerprint density at radius 1 is 1.47 bits per heavy atom. The summed E-state index contributed by atoms with van der Waals surface area (Å²) in [5, 5.41) is 2.96. The minimum Gasteiger partial charge on any atom is -0.349 e. The van der Waals surface area contributed by atoms with Gasteiger partial charge in [-0.25, -0.2) is 9.37 Å². The predicted octanol–water partition coefficient (Wildman–Crippen LogP) is 3.57. The van der Waals surface area contributed by atoms with Crippen LogP contribution in [0.15, 0.2) is 12.3 Å². The first-order valence-electron chi connectivity index (χ1n) is 6.72. The van der Waals surface area contributed by atoms with Crippen molar-refractivity contribution >= 4 is 17.5 Å². The molecule has 1 aliphatic rings. The Hall–Kier alpha value is -1.16. The molecule has 0 spiro atoms. The smallest absolute Gasteiger partial charge is 0.254 e. The molecule has 0 atom stereocenters. The minimum absolute atomic E-state index is 0.0427. The molecule has 104 valence electrons. The highest BCUT2D eigenvalue weighted by molar-refractivity contribution is 6.32. The maximum absolute atomic E-state index is 13.1. The summed E-state index contributed by atoms with van der Waals surface area (Å²) in [6.45, 7) is 2.20. The molecule has 0 radical (unpaired) electrons. The van der Waals surface area contributed by atoms with Crippen LogP contribution in [0.2, 0.25) is 5.15 Å². The molecular weight excluding hydrogens is 267 g/mol. The highest BCUT2D eigenvalue weighted by atomic mass is 35.5. The molecule has 3 nitrogen and oxygen atoms in total. The second kappa shape index (κ2) is 6.33. The number of pyridine rings is 1. The number of hydrogen-bond acceptors (Lipinski definition) is 2. The summed E-state index contributed by atoms with van der Waals surface area (Å²) in [5.41, 5.74) is 0.110. The van der Waals surface area contributed by atoms with Crippen LogP contribution in [0.1, 0.15) is 49.4 Å². The van der Waals surface area contributed by atoms with Crippen LogP contribution >= 0.6 is 11.6 Å². The zero-order valence-electron chi connectivity index (χ0n) is 11.0. The average molecular weight is 285 g/mol. The van der Waals surface area contributed by atoms with Crippen molar-refractivity contribution in [3.8, 4) is 0 Å². The van der Waals surface area contributed by atoms with Crippen molar-refractivity contribution in [2.45, 2.75) is 45.1 Å². The van der Waals surface area contributed by atoms with E-state index < -0.39 is 5.82 Å². The van der Waals surface area contributed by atoms with Crippen LogP contribution in [0.5, 0.6) is 0 Å². The Balaban J connectivity index is 1.96. The first kappa shape index (κ1) is 14.3. The lowest BCUT2D eigenvalue weighted by molar-refractivity contribution is 0.0921. The van der Waals surface area contributed by atoms with Gasteiger partial charge in [0.1, 0.15) is 11.0 Å². The van der Waals surface area contributed by atoms with Crippen molar-refractivity contribution in [1.82, 2.24) is 10.3 Å². The molecule has 0 bridgehead atoms. The molecule has 1 heterocycles. The summed E-state index contributed by atoms with van der Waals surface area (Å²) in [7, 11) is 0. The van der Waals surface area contributed by atoms with Crippen molar-refractivity contribution in [1.29, 1.82) is 0 Å². The lowest BCUT2D eigenvalue weighted by atomic mass is 9.84. The van der Waals surface area contributed by atoms with Crippen LogP contribution < -0.4 is 5.32 Å². The first-order valence-corrected chi connectivity index (χ1v) is 7.09. The molecule has 1 amide bonds. The van der Waals surface area contributed by atoms with Crippen LogP contribution in [0.4, 0.5) is 4.39 Å². The van der Waals surface area contributed by atoms with E-state index in [0.717, 1.165) is 43.9 Å². The fourth-order valence-corrected chi connectivity index (χ4v) is 2.75. The van der Waals surface area contributed by atoms with Crippen LogP contribution in [0.3, 0.4) is 0 Å². The highest BCUT2D eigenvalue weighted by Gasteiger charge is 2.22. The summed E-state index contributed by atoms with van der Waals surface area (Å²) in [6.07, 6.45) is 6.42. The Morgan fingerprint density at radius 3 is 2.79 bits per heavy atom. The van der Waals surface area contributed by atoms with E-state index in [0.29, 0.717) is 0 Å². The van der Waals surface area contributed by atoms with Crippen LogP contribution in [-0.4, -0.2) is 16.9 Å². The van der Waals surface area contributed by atoms with Gasteiger partial charge in [0.05, 0.1) is 11.8 Å². The Bertz CT molecular complexity index is 459. The van der Waals surface area contributed by atoms with Gasteiger partial charge in [0, 0.05) is 6.04 Å². The van der Waals surface area contributed by atoms with Gasteiger partial charge in [0.25, 0.3) is 5.91 Å². The first-order chi connectivity index (χ1) is 9.10. The van der Waals surface area contributed by atoms with Gasteiger partial charge in [-0.2, -0.15) is 0 Å². The molecule has 2 rings (SSSR count). The van der Waals surface area contributed by atoms with E-state index in [2.05, 4.69) is 17.2 Å². The van der Waals surface area contributed by atoms with Crippen molar-refractivity contribution in [3.05, 3.63) is 28.8 Å². The Labute approximate surface area is 117 Å². The number of nitrogens with one attached hydrogen (secondary N) is 1. The molecule has 19 heavy (non-hydrogen) atoms. The number of amides is 1. The molecule has 1 saturated carbocycles. The maximum Gasteiger partial charge on any atom is 0.254 e. The predicted molar refractivity (Wildman–Crippen MR) is 72.7 cm³/mol. The van der Waals surface area contributed by atoms with Crippen molar-refractivity contribution in [2.75, 3.05) is 0 Å². The molecule has 5 heteroatoms. The van der Waals surface area contributed by atoms with Crippen LogP contribution in [0, 0.1) is 11.7 Å². The van der Waals surface area contributed by atoms with Gasteiger partial charge in [0.2, 0.25) is 0 Å². The third-order valence-electron chi connectivity index (χ3n) is 3.81. The molecule has 0 aliphatic heterocycles. The molecule has 0 unspecified atom stereocenters. The molecule has 1 aromatic heterocycles. The highest BCUT2D eigenvalue weighted by Crippen LogP contribution is 2.26. The van der Waals surface area contributed by atoms with E-state index >= 15 is 0 Å². The van der Waals surface area contributed by atoms with E-state index in [1.807, 2.05) is 0 Å². The normalized spacial score (nSPS) is 23.1. The fourth-order valence-electron chi connectivity index (χ4n) is 2.56. The molecule has 1 aromatic rings. The van der Waals surface area contributed by atoms with E-state index in [1.165, 1.54) is 6.42 Å². The van der Waals surface area contributed by atoms with E-state index in [4.69, 9.17) is 11.6 Å². The number of rotatable bonds is 3. The number of halogens is 2. The molecule has 0 aromatic carbocycles. The van der Waals surface area contributed by atoms with Gasteiger partial charge < -0.3 is 5.32 Å². The van der Waals surface area contributed by atoms with Crippen molar-refractivity contribution in [2.24, 2.45) is 5.92 Å². The summed E-state index contributed by atoms with van der Waals surface area (Å²) in [4.78, 5) is 15.7. The number of carbonyl (C=O) groups is 1. The molecule has 0 saturated heterocycles. The second-order valence-electron chi connectivity index (χ2n) is 5.09. The summed E-state index contributed by atoms with van der Waals surface area (Å²) in [6, 6.07) is 1.29. The monoisotopic (exact) mass is 284 g/mol. The second-order valence-corrected chi connectivity index (χ2v) is 5.45. The molecule has 1 fully saturated rings. The molecular formula is C14H18ClFN2O. The summed E-state index contributed by atoms with van der Waals surface area (Å²) in [5.74, 6) is -0.117. The summed E-state index contributed by atoms with van der Waals surface area (Å²) < 4.78 is 13.1. The van der Waals surface area contributed by atoms with Gasteiger partial charge in [0.15, 0.2) is 0 Å². The summed E-state index contributed by atoms with van der Waals surface area (Å²) >= 11 is 5.82. The molecule has 1 N–H and O–H groups in total. The fraction of sp³-hybridized carbons (Fsp3) is 0.571. The number of nitrogens with zero attached hydrogens (tertiary/aromatic N) is 1. The number of aromatic nitrogens is 1.